The molecule has 0 fully saturated rings. The molecular weight excluding hydrogens is 288 g/mol. The maximum atomic E-state index is 5.98. The second kappa shape index (κ2) is 7.28. The van der Waals surface area contributed by atoms with Gasteiger partial charge in [-0.1, -0.05) is 34.5 Å². The van der Waals surface area contributed by atoms with Gasteiger partial charge in [-0.2, -0.15) is 0 Å². The minimum absolute atomic E-state index is 0.456. The number of hydrogen-bond donors (Lipinski definition) is 2. The highest BCUT2D eigenvalue weighted by molar-refractivity contribution is 9.10. The number of nitrogens with one attached hydrogen (secondary N) is 2. The number of benzene rings is 1. The van der Waals surface area contributed by atoms with Crippen molar-refractivity contribution in [2.75, 3.05) is 13.1 Å². The van der Waals surface area contributed by atoms with Crippen LogP contribution in [0.15, 0.2) is 22.7 Å². The Kier molecular flexibility index (Phi) is 6.36. The predicted molar refractivity (Wildman–Crippen MR) is 74.0 cm³/mol. The van der Waals surface area contributed by atoms with Gasteiger partial charge >= 0.3 is 0 Å². The first-order chi connectivity index (χ1) is 7.61. The maximum absolute atomic E-state index is 5.98. The lowest BCUT2D eigenvalue weighted by molar-refractivity contribution is 0.509. The predicted octanol–water partition coefficient (Wildman–Crippen LogP) is 3.19. The summed E-state index contributed by atoms with van der Waals surface area (Å²) < 4.78 is 1.02. The van der Waals surface area contributed by atoms with Gasteiger partial charge in [-0.05, 0) is 37.2 Å². The molecule has 0 saturated carbocycles. The molecule has 0 aliphatic carbocycles. The Labute approximate surface area is 111 Å². The molecule has 0 saturated heterocycles. The SMILES string of the molecule is CCNCC(C)NCc1cc(Cl)cc(Br)c1. The first-order valence-corrected chi connectivity index (χ1v) is 6.68. The van der Waals surface area contributed by atoms with E-state index in [0.29, 0.717) is 6.04 Å². The molecule has 0 heterocycles. The van der Waals surface area contributed by atoms with Crippen LogP contribution in [0.2, 0.25) is 5.02 Å². The Morgan fingerprint density at radius 3 is 2.75 bits per heavy atom. The van der Waals surface area contributed by atoms with Crippen molar-refractivity contribution in [3.05, 3.63) is 33.3 Å². The van der Waals surface area contributed by atoms with Gasteiger partial charge in [0.2, 0.25) is 0 Å². The molecule has 1 aromatic carbocycles. The molecule has 4 heteroatoms. The van der Waals surface area contributed by atoms with Crippen LogP contribution >= 0.6 is 27.5 Å². The summed E-state index contributed by atoms with van der Waals surface area (Å²) in [6.45, 7) is 7.11. The summed E-state index contributed by atoms with van der Waals surface area (Å²) in [6, 6.07) is 6.42. The van der Waals surface area contributed by atoms with Crippen LogP contribution in [0.25, 0.3) is 0 Å². The molecule has 0 amide bonds. The van der Waals surface area contributed by atoms with Crippen LogP contribution in [0, 0.1) is 0 Å². The van der Waals surface area contributed by atoms with Gasteiger partial charge in [0.05, 0.1) is 0 Å². The van der Waals surface area contributed by atoms with E-state index in [0.717, 1.165) is 29.1 Å². The van der Waals surface area contributed by atoms with Crippen LogP contribution in [0.4, 0.5) is 0 Å². The summed E-state index contributed by atoms with van der Waals surface area (Å²) in [4.78, 5) is 0. The Bertz CT molecular complexity index is 311. The molecular formula is C12H18BrClN2. The van der Waals surface area contributed by atoms with E-state index >= 15 is 0 Å². The minimum Gasteiger partial charge on any atom is -0.315 e. The third-order valence-corrected chi connectivity index (χ3v) is 2.95. The van der Waals surface area contributed by atoms with Crippen LogP contribution in [0.5, 0.6) is 0 Å². The van der Waals surface area contributed by atoms with E-state index in [9.17, 15) is 0 Å². The number of hydrogen-bond acceptors (Lipinski definition) is 2. The lowest BCUT2D eigenvalue weighted by Gasteiger charge is -2.14. The van der Waals surface area contributed by atoms with E-state index < -0.39 is 0 Å². The van der Waals surface area contributed by atoms with Crippen LogP contribution in [0.1, 0.15) is 19.4 Å². The molecule has 0 aromatic heterocycles. The smallest absolute Gasteiger partial charge is 0.0420 e. The maximum Gasteiger partial charge on any atom is 0.0420 e. The van der Waals surface area contributed by atoms with Crippen molar-refractivity contribution in [2.45, 2.75) is 26.4 Å². The molecule has 16 heavy (non-hydrogen) atoms. The molecule has 2 N–H and O–H groups in total. The van der Waals surface area contributed by atoms with Crippen molar-refractivity contribution in [1.82, 2.24) is 10.6 Å². The van der Waals surface area contributed by atoms with Gasteiger partial charge in [0.25, 0.3) is 0 Å². The molecule has 0 aliphatic heterocycles. The third kappa shape index (κ3) is 5.30. The number of rotatable bonds is 6. The molecule has 1 unspecified atom stereocenters. The fraction of sp³-hybridized carbons (Fsp3) is 0.500. The fourth-order valence-corrected chi connectivity index (χ4v) is 2.37. The Hall–Kier alpha value is -0.0900. The van der Waals surface area contributed by atoms with Crippen molar-refractivity contribution < 1.29 is 0 Å². The van der Waals surface area contributed by atoms with E-state index in [1.54, 1.807) is 0 Å². The van der Waals surface area contributed by atoms with Gasteiger partial charge in [-0.15, -0.1) is 0 Å². The fourth-order valence-electron chi connectivity index (χ4n) is 1.44. The summed E-state index contributed by atoms with van der Waals surface area (Å²) >= 11 is 9.42. The molecule has 1 rings (SSSR count). The van der Waals surface area contributed by atoms with Crippen molar-refractivity contribution in [3.8, 4) is 0 Å². The van der Waals surface area contributed by atoms with Gasteiger partial charge in [-0.3, -0.25) is 0 Å². The second-order valence-corrected chi connectivity index (χ2v) is 5.22. The van der Waals surface area contributed by atoms with Crippen molar-refractivity contribution >= 4 is 27.5 Å². The summed E-state index contributed by atoms with van der Waals surface area (Å²) in [7, 11) is 0. The summed E-state index contributed by atoms with van der Waals surface area (Å²) in [5.74, 6) is 0. The highest BCUT2D eigenvalue weighted by Gasteiger charge is 2.02. The zero-order valence-electron chi connectivity index (χ0n) is 9.69. The quantitative estimate of drug-likeness (QED) is 0.843. The van der Waals surface area contributed by atoms with Crippen molar-refractivity contribution in [2.24, 2.45) is 0 Å². The summed E-state index contributed by atoms with van der Waals surface area (Å²) in [5, 5.41) is 7.52. The molecule has 2 nitrogen and oxygen atoms in total. The highest BCUT2D eigenvalue weighted by atomic mass is 79.9. The van der Waals surface area contributed by atoms with Crippen LogP contribution in [-0.2, 0) is 6.54 Å². The Morgan fingerprint density at radius 2 is 2.12 bits per heavy atom. The third-order valence-electron chi connectivity index (χ3n) is 2.28. The standard InChI is InChI=1S/C12H18BrClN2/c1-3-15-7-9(2)16-8-10-4-11(13)6-12(14)5-10/h4-6,9,15-16H,3,7-8H2,1-2H3. The molecule has 0 aliphatic rings. The number of halogens is 2. The average Bonchev–Trinajstić information content (AvgIpc) is 2.22. The number of likely N-dealkylation sites (N-methyl/N-ethyl adjacent to an activating group) is 1. The molecule has 1 aromatic rings. The summed E-state index contributed by atoms with van der Waals surface area (Å²) in [6.07, 6.45) is 0. The van der Waals surface area contributed by atoms with Crippen molar-refractivity contribution in [3.63, 3.8) is 0 Å². The highest BCUT2D eigenvalue weighted by Crippen LogP contribution is 2.19. The second-order valence-electron chi connectivity index (χ2n) is 3.87. The van der Waals surface area contributed by atoms with Crippen LogP contribution in [0.3, 0.4) is 0 Å². The minimum atomic E-state index is 0.456. The van der Waals surface area contributed by atoms with E-state index in [2.05, 4.69) is 46.5 Å². The van der Waals surface area contributed by atoms with Crippen LogP contribution in [-0.4, -0.2) is 19.1 Å². The first-order valence-electron chi connectivity index (χ1n) is 5.51. The van der Waals surface area contributed by atoms with Gasteiger partial charge < -0.3 is 10.6 Å². The lowest BCUT2D eigenvalue weighted by Crippen LogP contribution is -2.35. The van der Waals surface area contributed by atoms with Gasteiger partial charge in [-0.25, -0.2) is 0 Å². The zero-order chi connectivity index (χ0) is 12.0. The molecule has 0 bridgehead atoms. The lowest BCUT2D eigenvalue weighted by atomic mass is 10.2. The molecule has 0 radical (unpaired) electrons. The van der Waals surface area contributed by atoms with E-state index in [-0.39, 0.29) is 0 Å². The first kappa shape index (κ1) is 14.0. The normalized spacial score (nSPS) is 12.8. The topological polar surface area (TPSA) is 24.1 Å². The molecule has 90 valence electrons. The van der Waals surface area contributed by atoms with Gasteiger partial charge in [0, 0.05) is 28.6 Å². The van der Waals surface area contributed by atoms with E-state index in [1.165, 1.54) is 5.56 Å². The van der Waals surface area contributed by atoms with E-state index in [1.807, 2.05) is 12.1 Å². The van der Waals surface area contributed by atoms with Crippen molar-refractivity contribution in [1.29, 1.82) is 0 Å². The van der Waals surface area contributed by atoms with Gasteiger partial charge in [0.1, 0.15) is 0 Å². The Balaban J connectivity index is 2.41. The average molecular weight is 306 g/mol. The zero-order valence-corrected chi connectivity index (χ0v) is 12.0. The molecule has 0 spiro atoms. The van der Waals surface area contributed by atoms with Crippen LogP contribution < -0.4 is 10.6 Å². The monoisotopic (exact) mass is 304 g/mol. The molecule has 1 atom stereocenters. The largest absolute Gasteiger partial charge is 0.315 e. The summed E-state index contributed by atoms with van der Waals surface area (Å²) in [5.41, 5.74) is 1.20. The van der Waals surface area contributed by atoms with E-state index in [4.69, 9.17) is 11.6 Å². The Morgan fingerprint density at radius 1 is 1.38 bits per heavy atom. The van der Waals surface area contributed by atoms with Gasteiger partial charge in [0.15, 0.2) is 0 Å².